The van der Waals surface area contributed by atoms with Crippen molar-refractivity contribution in [2.45, 2.75) is 26.1 Å². The number of aliphatic hydroxyl groups is 2. The van der Waals surface area contributed by atoms with Crippen molar-refractivity contribution in [3.63, 3.8) is 0 Å². The lowest BCUT2D eigenvalue weighted by atomic mass is 10.2. The van der Waals surface area contributed by atoms with E-state index in [-0.39, 0.29) is 11.8 Å². The summed E-state index contributed by atoms with van der Waals surface area (Å²) in [6.45, 7) is 2.59. The number of carboxylic acids is 2. The number of carboxylic acid groups (broad SMARTS) is 2. The number of aliphatic hydroxyl groups excluding tert-OH is 2. The minimum absolute atomic E-state index is 0.312. The van der Waals surface area contributed by atoms with Crippen molar-refractivity contribution in [2.24, 2.45) is 0 Å². The van der Waals surface area contributed by atoms with Crippen LogP contribution in [0.3, 0.4) is 0 Å². The average Bonchev–Trinajstić information content (AvgIpc) is 2.13. The fraction of sp³-hybridized carbons (Fsp3) is 0.500. The Kier molecular flexibility index (Phi) is 8.38. The molecule has 0 aliphatic rings. The van der Waals surface area contributed by atoms with Gasteiger partial charge in [0.1, 0.15) is 0 Å². The lowest BCUT2D eigenvalue weighted by molar-refractivity contribution is -0.165. The Morgan fingerprint density at radius 1 is 0.824 bits per heavy atom. The summed E-state index contributed by atoms with van der Waals surface area (Å²) in [6.07, 6.45) is -4.53. The number of carbonyl (C=O) groups excluding carboxylic acids is 2. The summed E-state index contributed by atoms with van der Waals surface area (Å²) in [5.74, 6) is -4.16. The van der Waals surface area contributed by atoms with Crippen LogP contribution in [0.5, 0.6) is 0 Å². The van der Waals surface area contributed by atoms with Crippen LogP contribution >= 0.6 is 0 Å². The van der Waals surface area contributed by atoms with Crippen molar-refractivity contribution in [3.05, 3.63) is 0 Å². The van der Waals surface area contributed by atoms with E-state index >= 15 is 0 Å². The number of amides is 2. The molecule has 0 rings (SSSR count). The van der Waals surface area contributed by atoms with E-state index in [4.69, 9.17) is 20.4 Å². The molecule has 2 unspecified atom stereocenters. The summed E-state index contributed by atoms with van der Waals surface area (Å²) >= 11 is 0. The number of aliphatic carboxylic acids is 2. The predicted molar refractivity (Wildman–Crippen MR) is 51.8 cm³/mol. The standard InChI is InChI=1S/C4H7NO2.C4H6O6/c1-3(6)5-4(2)7;5-1(3(7)8)2(6)4(9)10/h1-2H3,(H,5,6,7);1-2,5-6H,(H,7,8)(H,9,10). The van der Waals surface area contributed by atoms with Crippen LogP contribution in [-0.4, -0.2) is 56.4 Å². The molecular formula is C8H13NO8. The smallest absolute Gasteiger partial charge is 0.335 e. The van der Waals surface area contributed by atoms with Crippen LogP contribution in [0.1, 0.15) is 13.8 Å². The molecule has 98 valence electrons. The maximum Gasteiger partial charge on any atom is 0.335 e. The zero-order chi connectivity index (χ0) is 14.2. The number of hydrogen-bond donors (Lipinski definition) is 5. The second-order valence-electron chi connectivity index (χ2n) is 2.80. The predicted octanol–water partition coefficient (Wildman–Crippen LogP) is -2.45. The van der Waals surface area contributed by atoms with Crippen molar-refractivity contribution >= 4 is 23.8 Å². The van der Waals surface area contributed by atoms with E-state index in [2.05, 4.69) is 0 Å². The molecule has 0 bridgehead atoms. The summed E-state index contributed by atoms with van der Waals surface area (Å²) in [7, 11) is 0. The van der Waals surface area contributed by atoms with Crippen molar-refractivity contribution in [2.75, 3.05) is 0 Å². The van der Waals surface area contributed by atoms with Crippen molar-refractivity contribution in [3.8, 4) is 0 Å². The quantitative estimate of drug-likeness (QED) is 0.369. The Bertz CT molecular complexity index is 283. The van der Waals surface area contributed by atoms with Crippen molar-refractivity contribution in [1.82, 2.24) is 5.32 Å². The molecule has 0 radical (unpaired) electrons. The second-order valence-corrected chi connectivity index (χ2v) is 2.80. The second kappa shape index (κ2) is 8.19. The lowest BCUT2D eigenvalue weighted by Gasteiger charge is -2.07. The van der Waals surface area contributed by atoms with Gasteiger partial charge in [-0.3, -0.25) is 14.9 Å². The summed E-state index contributed by atoms with van der Waals surface area (Å²) < 4.78 is 0. The molecule has 5 N–H and O–H groups in total. The van der Waals surface area contributed by atoms with Crippen LogP contribution in [0.25, 0.3) is 0 Å². The fourth-order valence-corrected chi connectivity index (χ4v) is 0.518. The fourth-order valence-electron chi connectivity index (χ4n) is 0.518. The van der Waals surface area contributed by atoms with E-state index < -0.39 is 24.1 Å². The number of hydrogen-bond acceptors (Lipinski definition) is 6. The topological polar surface area (TPSA) is 161 Å². The third-order valence-electron chi connectivity index (χ3n) is 1.16. The number of rotatable bonds is 3. The molecule has 9 nitrogen and oxygen atoms in total. The van der Waals surface area contributed by atoms with Gasteiger partial charge in [0, 0.05) is 13.8 Å². The lowest BCUT2D eigenvalue weighted by Crippen LogP contribution is -2.39. The Labute approximate surface area is 95.7 Å². The zero-order valence-electron chi connectivity index (χ0n) is 9.08. The van der Waals surface area contributed by atoms with E-state index in [1.807, 2.05) is 5.32 Å². The molecule has 17 heavy (non-hydrogen) atoms. The van der Waals surface area contributed by atoms with Crippen molar-refractivity contribution in [1.29, 1.82) is 0 Å². The highest BCUT2D eigenvalue weighted by Crippen LogP contribution is 1.92. The molecular weight excluding hydrogens is 238 g/mol. The molecule has 0 saturated heterocycles. The highest BCUT2D eigenvalue weighted by Gasteiger charge is 2.29. The summed E-state index contributed by atoms with van der Waals surface area (Å²) in [6, 6.07) is 0. The van der Waals surface area contributed by atoms with E-state index in [0.29, 0.717) is 0 Å². The van der Waals surface area contributed by atoms with Gasteiger partial charge in [-0.1, -0.05) is 0 Å². The van der Waals surface area contributed by atoms with Gasteiger partial charge in [0.2, 0.25) is 11.8 Å². The third-order valence-corrected chi connectivity index (χ3v) is 1.16. The van der Waals surface area contributed by atoms with Crippen LogP contribution in [-0.2, 0) is 19.2 Å². The zero-order valence-corrected chi connectivity index (χ0v) is 9.08. The largest absolute Gasteiger partial charge is 0.479 e. The van der Waals surface area contributed by atoms with E-state index in [9.17, 15) is 19.2 Å². The summed E-state index contributed by atoms with van der Waals surface area (Å²) in [5, 5.41) is 34.6. The molecule has 0 aromatic rings. The normalized spacial score (nSPS) is 12.5. The van der Waals surface area contributed by atoms with Crippen LogP contribution in [0.4, 0.5) is 0 Å². The minimum Gasteiger partial charge on any atom is -0.479 e. The monoisotopic (exact) mass is 251 g/mol. The Morgan fingerprint density at radius 2 is 1.06 bits per heavy atom. The number of carbonyl (C=O) groups is 4. The van der Waals surface area contributed by atoms with Gasteiger partial charge < -0.3 is 20.4 Å². The van der Waals surface area contributed by atoms with Gasteiger partial charge >= 0.3 is 11.9 Å². The van der Waals surface area contributed by atoms with E-state index in [1.54, 1.807) is 0 Å². The van der Waals surface area contributed by atoms with Crippen LogP contribution in [0.2, 0.25) is 0 Å². The summed E-state index contributed by atoms with van der Waals surface area (Å²) in [4.78, 5) is 39.4. The molecule has 0 aliphatic carbocycles. The maximum atomic E-state index is 9.92. The molecule has 9 heteroatoms. The third kappa shape index (κ3) is 10.3. The van der Waals surface area contributed by atoms with Crippen LogP contribution < -0.4 is 5.32 Å². The van der Waals surface area contributed by atoms with Gasteiger partial charge in [0.25, 0.3) is 0 Å². The van der Waals surface area contributed by atoms with E-state index in [0.717, 1.165) is 0 Å². The first-order valence-corrected chi connectivity index (χ1v) is 4.19. The van der Waals surface area contributed by atoms with E-state index in [1.165, 1.54) is 13.8 Å². The van der Waals surface area contributed by atoms with Gasteiger partial charge in [-0.2, -0.15) is 0 Å². The Morgan fingerprint density at radius 3 is 1.12 bits per heavy atom. The van der Waals surface area contributed by atoms with Gasteiger partial charge in [0.15, 0.2) is 12.2 Å². The first-order chi connectivity index (χ1) is 7.59. The molecule has 0 heterocycles. The number of nitrogens with one attached hydrogen (secondary N) is 1. The highest BCUT2D eigenvalue weighted by molar-refractivity contribution is 5.92. The average molecular weight is 251 g/mol. The molecule has 0 spiro atoms. The first-order valence-electron chi connectivity index (χ1n) is 4.19. The Balaban J connectivity index is 0. The van der Waals surface area contributed by atoms with Gasteiger partial charge in [-0.05, 0) is 0 Å². The molecule has 0 aromatic heterocycles. The summed E-state index contributed by atoms with van der Waals surface area (Å²) in [5.41, 5.74) is 0. The molecule has 0 saturated carbocycles. The molecule has 0 fully saturated rings. The van der Waals surface area contributed by atoms with Gasteiger partial charge in [-0.25, -0.2) is 9.59 Å². The van der Waals surface area contributed by atoms with Crippen molar-refractivity contribution < 1.29 is 39.6 Å². The minimum atomic E-state index is -2.27. The van der Waals surface area contributed by atoms with Crippen LogP contribution in [0.15, 0.2) is 0 Å². The Hall–Kier alpha value is -2.00. The molecule has 0 aliphatic heterocycles. The molecule has 2 amide bonds. The first kappa shape index (κ1) is 17.4. The highest BCUT2D eigenvalue weighted by atomic mass is 16.4. The van der Waals surface area contributed by atoms with Gasteiger partial charge in [-0.15, -0.1) is 0 Å². The maximum absolute atomic E-state index is 9.92. The molecule has 0 aromatic carbocycles. The number of imide groups is 1. The SMILES string of the molecule is CC(=O)NC(C)=O.O=C(O)C(O)C(O)C(=O)O. The van der Waals surface area contributed by atoms with Gasteiger partial charge in [0.05, 0.1) is 0 Å². The van der Waals surface area contributed by atoms with Crippen LogP contribution in [0, 0.1) is 0 Å². The molecule has 2 atom stereocenters.